The Bertz CT molecular complexity index is 1100. The van der Waals surface area contributed by atoms with Gasteiger partial charge in [-0.25, -0.2) is 9.97 Å². The first-order valence-corrected chi connectivity index (χ1v) is 9.25. The van der Waals surface area contributed by atoms with Crippen LogP contribution in [0.4, 0.5) is 0 Å². The highest BCUT2D eigenvalue weighted by atomic mass is 35.5. The normalized spacial score (nSPS) is 12.0. The molecule has 24 heavy (non-hydrogen) atoms. The Hall–Kier alpha value is -2.28. The van der Waals surface area contributed by atoms with E-state index in [0.29, 0.717) is 21.8 Å². The van der Waals surface area contributed by atoms with Gasteiger partial charge in [-0.3, -0.25) is 4.79 Å². The summed E-state index contributed by atoms with van der Waals surface area (Å²) in [6.45, 7) is 0. The maximum Gasteiger partial charge on any atom is 0.259 e. The number of H-pyrrole nitrogens is 1. The average Bonchev–Trinajstić information content (AvgIpc) is 3.26. The lowest BCUT2D eigenvalue weighted by molar-refractivity contribution is 1.13. The zero-order valence-corrected chi connectivity index (χ0v) is 14.6. The largest absolute Gasteiger partial charge is 0.305 e. The van der Waals surface area contributed by atoms with E-state index < -0.39 is 0 Å². The van der Waals surface area contributed by atoms with Gasteiger partial charge in [0.15, 0.2) is 5.82 Å². The standard InChI is InChI=1S/C17H10ClN3OS2/c18-13(7-11-9-24-17(19-11)10-5-6-23-8-10)15-20-14-4-2-1-3-12(14)16(22)21-15/h1-9H,(H,20,21,22)/b13-7+. The molecule has 4 aromatic rings. The van der Waals surface area contributed by atoms with E-state index in [4.69, 9.17) is 11.6 Å². The summed E-state index contributed by atoms with van der Waals surface area (Å²) >= 11 is 9.53. The lowest BCUT2D eigenvalue weighted by atomic mass is 10.2. The van der Waals surface area contributed by atoms with Crippen molar-refractivity contribution in [3.8, 4) is 10.6 Å². The minimum Gasteiger partial charge on any atom is -0.305 e. The minimum atomic E-state index is -0.209. The third-order valence-corrected chi connectivity index (χ3v) is 5.28. The molecular weight excluding hydrogens is 362 g/mol. The number of thiazole rings is 1. The van der Waals surface area contributed by atoms with Crippen LogP contribution >= 0.6 is 34.3 Å². The second kappa shape index (κ2) is 6.32. The summed E-state index contributed by atoms with van der Waals surface area (Å²) in [5.41, 5.74) is 2.24. The van der Waals surface area contributed by atoms with Crippen LogP contribution in [0.15, 0.2) is 51.3 Å². The monoisotopic (exact) mass is 371 g/mol. The van der Waals surface area contributed by atoms with Gasteiger partial charge in [-0.1, -0.05) is 23.7 Å². The van der Waals surface area contributed by atoms with Crippen LogP contribution in [0.1, 0.15) is 11.5 Å². The molecule has 0 atom stereocenters. The molecule has 0 aliphatic carbocycles. The minimum absolute atomic E-state index is 0.209. The first-order valence-electron chi connectivity index (χ1n) is 7.05. The Morgan fingerprint density at radius 2 is 2.04 bits per heavy atom. The van der Waals surface area contributed by atoms with E-state index in [0.717, 1.165) is 16.3 Å². The van der Waals surface area contributed by atoms with E-state index in [9.17, 15) is 4.79 Å². The van der Waals surface area contributed by atoms with E-state index in [1.54, 1.807) is 46.9 Å². The van der Waals surface area contributed by atoms with Crippen molar-refractivity contribution < 1.29 is 0 Å². The maximum absolute atomic E-state index is 12.1. The molecule has 3 aromatic heterocycles. The Balaban J connectivity index is 1.72. The van der Waals surface area contributed by atoms with Crippen molar-refractivity contribution in [3.05, 3.63) is 68.3 Å². The lowest BCUT2D eigenvalue weighted by Crippen LogP contribution is -2.10. The molecule has 0 amide bonds. The molecule has 0 radical (unpaired) electrons. The van der Waals surface area contributed by atoms with Gasteiger partial charge in [0.1, 0.15) is 5.01 Å². The Morgan fingerprint density at radius 3 is 2.88 bits per heavy atom. The molecule has 118 valence electrons. The van der Waals surface area contributed by atoms with Crippen molar-refractivity contribution in [3.63, 3.8) is 0 Å². The van der Waals surface area contributed by atoms with Crippen LogP contribution < -0.4 is 5.56 Å². The van der Waals surface area contributed by atoms with Crippen LogP contribution in [0, 0.1) is 0 Å². The summed E-state index contributed by atoms with van der Waals surface area (Å²) in [6, 6.07) is 9.19. The van der Waals surface area contributed by atoms with Crippen LogP contribution in [0.25, 0.3) is 32.6 Å². The van der Waals surface area contributed by atoms with E-state index >= 15 is 0 Å². The molecule has 0 bridgehead atoms. The highest BCUT2D eigenvalue weighted by molar-refractivity contribution is 7.14. The van der Waals surface area contributed by atoms with Crippen LogP contribution in [0.2, 0.25) is 0 Å². The Labute approximate surface area is 150 Å². The molecule has 0 aliphatic heterocycles. The Kier molecular flexibility index (Phi) is 4.02. The zero-order valence-electron chi connectivity index (χ0n) is 12.2. The third-order valence-electron chi connectivity index (χ3n) is 3.40. The third kappa shape index (κ3) is 2.91. The zero-order chi connectivity index (χ0) is 16.5. The molecular formula is C17H10ClN3OS2. The second-order valence-electron chi connectivity index (χ2n) is 5.01. The second-order valence-corrected chi connectivity index (χ2v) is 7.06. The fourth-order valence-electron chi connectivity index (χ4n) is 2.27. The number of nitrogens with one attached hydrogen (secondary N) is 1. The van der Waals surface area contributed by atoms with Crippen molar-refractivity contribution in [2.45, 2.75) is 0 Å². The SMILES string of the molecule is O=c1[nH]c(/C(Cl)=C\c2csc(-c3ccsc3)n2)nc2ccccc12. The number of halogens is 1. The van der Waals surface area contributed by atoms with Crippen LogP contribution in [0.5, 0.6) is 0 Å². The Morgan fingerprint density at radius 1 is 1.17 bits per heavy atom. The van der Waals surface area contributed by atoms with Gasteiger partial charge in [-0.05, 0) is 29.7 Å². The number of aromatic nitrogens is 3. The van der Waals surface area contributed by atoms with Crippen molar-refractivity contribution in [1.82, 2.24) is 15.0 Å². The summed E-state index contributed by atoms with van der Waals surface area (Å²) in [6.07, 6.45) is 1.71. The van der Waals surface area contributed by atoms with Crippen molar-refractivity contribution in [2.75, 3.05) is 0 Å². The predicted octanol–water partition coefficient (Wildman–Crippen LogP) is 4.85. The van der Waals surface area contributed by atoms with E-state index in [2.05, 4.69) is 20.3 Å². The highest BCUT2D eigenvalue weighted by Gasteiger charge is 2.08. The number of aromatic amines is 1. The summed E-state index contributed by atoms with van der Waals surface area (Å²) in [5.74, 6) is 0.338. The van der Waals surface area contributed by atoms with Gasteiger partial charge in [0.25, 0.3) is 5.56 Å². The van der Waals surface area contributed by atoms with Crippen molar-refractivity contribution in [2.24, 2.45) is 0 Å². The number of rotatable bonds is 3. The first kappa shape index (κ1) is 15.3. The number of benzene rings is 1. The number of hydrogen-bond donors (Lipinski definition) is 1. The van der Waals surface area contributed by atoms with Gasteiger partial charge >= 0.3 is 0 Å². The van der Waals surface area contributed by atoms with Crippen molar-refractivity contribution in [1.29, 1.82) is 0 Å². The maximum atomic E-state index is 12.1. The van der Waals surface area contributed by atoms with E-state index in [1.807, 2.05) is 22.9 Å². The molecule has 1 N–H and O–H groups in total. The van der Waals surface area contributed by atoms with Gasteiger partial charge in [-0.15, -0.1) is 11.3 Å². The molecule has 0 saturated carbocycles. The fraction of sp³-hybridized carbons (Fsp3) is 0. The summed E-state index contributed by atoms with van der Waals surface area (Å²) < 4.78 is 0. The summed E-state index contributed by atoms with van der Waals surface area (Å²) in [7, 11) is 0. The summed E-state index contributed by atoms with van der Waals surface area (Å²) in [5, 5.41) is 7.82. The van der Waals surface area contributed by atoms with Gasteiger partial charge in [0.05, 0.1) is 21.6 Å². The number of para-hydroxylation sites is 1. The molecule has 0 spiro atoms. The smallest absolute Gasteiger partial charge is 0.259 e. The molecule has 4 nitrogen and oxygen atoms in total. The van der Waals surface area contributed by atoms with Crippen LogP contribution in [-0.2, 0) is 0 Å². The van der Waals surface area contributed by atoms with Gasteiger partial charge in [0, 0.05) is 16.3 Å². The van der Waals surface area contributed by atoms with Gasteiger partial charge in [-0.2, -0.15) is 11.3 Å². The molecule has 1 aromatic carbocycles. The lowest BCUT2D eigenvalue weighted by Gasteiger charge is -2.01. The van der Waals surface area contributed by atoms with Gasteiger partial charge in [0.2, 0.25) is 0 Å². The number of fused-ring (bicyclic) bond motifs is 1. The number of thiophene rings is 1. The van der Waals surface area contributed by atoms with Crippen molar-refractivity contribution >= 4 is 56.3 Å². The molecule has 4 rings (SSSR count). The first-order chi connectivity index (χ1) is 11.7. The average molecular weight is 372 g/mol. The number of hydrogen-bond acceptors (Lipinski definition) is 5. The quantitative estimate of drug-likeness (QED) is 0.560. The van der Waals surface area contributed by atoms with Crippen LogP contribution in [-0.4, -0.2) is 15.0 Å². The van der Waals surface area contributed by atoms with E-state index in [-0.39, 0.29) is 5.56 Å². The molecule has 0 saturated heterocycles. The fourth-order valence-corrected chi connectivity index (χ4v) is 3.96. The molecule has 0 fully saturated rings. The highest BCUT2D eigenvalue weighted by Crippen LogP contribution is 2.28. The van der Waals surface area contributed by atoms with Crippen LogP contribution in [0.3, 0.4) is 0 Å². The number of nitrogens with zero attached hydrogens (tertiary/aromatic N) is 2. The topological polar surface area (TPSA) is 58.6 Å². The van der Waals surface area contributed by atoms with Gasteiger partial charge < -0.3 is 4.98 Å². The molecule has 0 unspecified atom stereocenters. The van der Waals surface area contributed by atoms with E-state index in [1.165, 1.54) is 0 Å². The molecule has 7 heteroatoms. The predicted molar refractivity (Wildman–Crippen MR) is 102 cm³/mol. The molecule has 3 heterocycles. The summed E-state index contributed by atoms with van der Waals surface area (Å²) in [4.78, 5) is 23.8. The molecule has 0 aliphatic rings.